The van der Waals surface area contributed by atoms with Crippen molar-refractivity contribution < 1.29 is 4.79 Å². The highest BCUT2D eigenvalue weighted by Crippen LogP contribution is 2.26. The molecule has 154 valence electrons. The molecule has 0 aliphatic rings. The Hall–Kier alpha value is -1.79. The van der Waals surface area contributed by atoms with Crippen LogP contribution in [0.2, 0.25) is 0 Å². The van der Waals surface area contributed by atoms with Crippen molar-refractivity contribution in [3.63, 3.8) is 0 Å². The number of fused-ring (bicyclic) bond motifs is 1. The minimum absolute atomic E-state index is 0.0177. The van der Waals surface area contributed by atoms with Crippen LogP contribution in [0.4, 0.5) is 0 Å². The summed E-state index contributed by atoms with van der Waals surface area (Å²) in [7, 11) is 0. The number of pyridine rings is 1. The van der Waals surface area contributed by atoms with Gasteiger partial charge in [0, 0.05) is 29.4 Å². The van der Waals surface area contributed by atoms with Crippen LogP contribution in [0.1, 0.15) is 40.0 Å². The lowest BCUT2D eigenvalue weighted by Crippen LogP contribution is -2.31. The summed E-state index contributed by atoms with van der Waals surface area (Å²) in [4.78, 5) is 27.9. The zero-order valence-electron chi connectivity index (χ0n) is 17.4. The van der Waals surface area contributed by atoms with E-state index in [1.807, 2.05) is 31.2 Å². The third kappa shape index (κ3) is 6.38. The van der Waals surface area contributed by atoms with Gasteiger partial charge in [0.25, 0.3) is 5.56 Å². The lowest BCUT2D eigenvalue weighted by atomic mass is 10.2. The van der Waals surface area contributed by atoms with Crippen LogP contribution in [-0.2, 0) is 11.3 Å². The quantitative estimate of drug-likeness (QED) is 0.433. The molecular formula is C22H33N3O2S. The van der Waals surface area contributed by atoms with Crippen molar-refractivity contribution in [1.82, 2.24) is 14.8 Å². The molecule has 0 spiro atoms. The number of carbonyl (C=O) groups excluding carboxylic acids is 1. The summed E-state index contributed by atoms with van der Waals surface area (Å²) in [5, 5.41) is 4.03. The fourth-order valence-electron chi connectivity index (χ4n) is 3.28. The second-order valence-corrected chi connectivity index (χ2v) is 7.91. The third-order valence-electron chi connectivity index (χ3n) is 4.90. The highest BCUT2D eigenvalue weighted by molar-refractivity contribution is 8.00. The van der Waals surface area contributed by atoms with Crippen molar-refractivity contribution >= 4 is 28.6 Å². The van der Waals surface area contributed by atoms with E-state index in [9.17, 15) is 9.59 Å². The molecule has 6 heteroatoms. The number of hydrogen-bond donors (Lipinski definition) is 1. The van der Waals surface area contributed by atoms with Gasteiger partial charge in [-0.3, -0.25) is 9.59 Å². The summed E-state index contributed by atoms with van der Waals surface area (Å²) in [6.07, 6.45) is 3.40. The van der Waals surface area contributed by atoms with Crippen LogP contribution in [0.5, 0.6) is 0 Å². The summed E-state index contributed by atoms with van der Waals surface area (Å²) in [6, 6.07) is 9.53. The van der Waals surface area contributed by atoms with Crippen LogP contribution in [0.25, 0.3) is 10.9 Å². The molecule has 1 aromatic heterocycles. The second kappa shape index (κ2) is 11.9. The van der Waals surface area contributed by atoms with Gasteiger partial charge in [0.2, 0.25) is 5.91 Å². The average Bonchev–Trinajstić information content (AvgIpc) is 2.71. The molecule has 1 aromatic carbocycles. The first kappa shape index (κ1) is 22.5. The second-order valence-electron chi connectivity index (χ2n) is 6.89. The molecule has 1 heterocycles. The Labute approximate surface area is 172 Å². The first-order valence-electron chi connectivity index (χ1n) is 10.3. The van der Waals surface area contributed by atoms with Gasteiger partial charge >= 0.3 is 0 Å². The maximum absolute atomic E-state index is 12.4. The molecular weight excluding hydrogens is 370 g/mol. The minimum Gasteiger partial charge on any atom is -0.355 e. The molecule has 2 rings (SSSR count). The van der Waals surface area contributed by atoms with Crippen molar-refractivity contribution in [1.29, 1.82) is 0 Å². The first-order valence-corrected chi connectivity index (χ1v) is 11.3. The molecule has 0 aliphatic heterocycles. The molecule has 1 amide bonds. The fourth-order valence-corrected chi connectivity index (χ4v) is 4.18. The Balaban J connectivity index is 1.86. The Kier molecular flexibility index (Phi) is 9.58. The molecule has 1 N–H and O–H groups in total. The van der Waals surface area contributed by atoms with E-state index in [0.29, 0.717) is 18.8 Å². The van der Waals surface area contributed by atoms with Gasteiger partial charge in [0.1, 0.15) is 0 Å². The Morgan fingerprint density at radius 2 is 1.89 bits per heavy atom. The smallest absolute Gasteiger partial charge is 0.252 e. The Bertz CT molecular complexity index is 819. The maximum atomic E-state index is 12.4. The van der Waals surface area contributed by atoms with E-state index < -0.39 is 0 Å². The van der Waals surface area contributed by atoms with Crippen LogP contribution in [0, 0.1) is 0 Å². The van der Waals surface area contributed by atoms with Gasteiger partial charge < -0.3 is 14.8 Å². The number of rotatable bonds is 12. The molecule has 0 atom stereocenters. The summed E-state index contributed by atoms with van der Waals surface area (Å²) in [6.45, 7) is 10.9. The predicted molar refractivity (Wildman–Crippen MR) is 119 cm³/mol. The predicted octanol–water partition coefficient (Wildman–Crippen LogP) is 3.74. The topological polar surface area (TPSA) is 54.3 Å². The summed E-state index contributed by atoms with van der Waals surface area (Å²) in [5.74, 6) is 0.345. The van der Waals surface area contributed by atoms with Crippen LogP contribution >= 0.6 is 11.8 Å². The number of nitrogens with zero attached hydrogens (tertiary/aromatic N) is 2. The largest absolute Gasteiger partial charge is 0.355 e. The minimum atomic E-state index is -0.0177. The maximum Gasteiger partial charge on any atom is 0.252 e. The Morgan fingerprint density at radius 3 is 2.61 bits per heavy atom. The van der Waals surface area contributed by atoms with Gasteiger partial charge in [-0.25, -0.2) is 0 Å². The van der Waals surface area contributed by atoms with Gasteiger partial charge in [0.15, 0.2) is 0 Å². The molecule has 0 radical (unpaired) electrons. The molecule has 0 saturated carbocycles. The fraction of sp³-hybridized carbons (Fsp3) is 0.545. The lowest BCUT2D eigenvalue weighted by molar-refractivity contribution is -0.118. The number of hydrogen-bond acceptors (Lipinski definition) is 4. The first-order chi connectivity index (χ1) is 13.6. The highest BCUT2D eigenvalue weighted by Gasteiger charge is 2.10. The van der Waals surface area contributed by atoms with E-state index in [2.05, 4.69) is 24.1 Å². The number of aryl methyl sites for hydroxylation is 1. The van der Waals surface area contributed by atoms with Crippen LogP contribution in [0.3, 0.4) is 0 Å². The van der Waals surface area contributed by atoms with E-state index in [-0.39, 0.29) is 11.5 Å². The molecule has 2 aromatic rings. The van der Waals surface area contributed by atoms with Crippen molar-refractivity contribution in [2.24, 2.45) is 0 Å². The zero-order valence-corrected chi connectivity index (χ0v) is 18.2. The van der Waals surface area contributed by atoms with E-state index in [1.165, 1.54) is 24.6 Å². The highest BCUT2D eigenvalue weighted by atomic mass is 32.2. The van der Waals surface area contributed by atoms with Gasteiger partial charge in [0.05, 0.1) is 11.3 Å². The van der Waals surface area contributed by atoms with E-state index in [4.69, 9.17) is 0 Å². The number of aromatic nitrogens is 1. The summed E-state index contributed by atoms with van der Waals surface area (Å²) >= 11 is 1.44. The molecule has 0 unspecified atom stereocenters. The number of benzene rings is 1. The monoisotopic (exact) mass is 403 g/mol. The van der Waals surface area contributed by atoms with Crippen molar-refractivity contribution in [3.05, 3.63) is 40.7 Å². The van der Waals surface area contributed by atoms with E-state index >= 15 is 0 Å². The summed E-state index contributed by atoms with van der Waals surface area (Å²) in [5.41, 5.74) is 0.906. The van der Waals surface area contributed by atoms with Crippen LogP contribution in [0.15, 0.2) is 40.0 Å². The molecule has 0 saturated heterocycles. The molecule has 0 fully saturated rings. The van der Waals surface area contributed by atoms with Gasteiger partial charge in [-0.2, -0.15) is 0 Å². The average molecular weight is 404 g/mol. The van der Waals surface area contributed by atoms with Crippen LogP contribution in [-0.4, -0.2) is 47.3 Å². The number of carbonyl (C=O) groups is 1. The van der Waals surface area contributed by atoms with Crippen molar-refractivity contribution in [2.45, 2.75) is 51.5 Å². The van der Waals surface area contributed by atoms with E-state index in [0.717, 1.165) is 41.9 Å². The normalized spacial score (nSPS) is 11.3. The molecule has 28 heavy (non-hydrogen) atoms. The third-order valence-corrected chi connectivity index (χ3v) is 5.96. The standard InChI is InChI=1S/C22H33N3O2S/c1-4-7-14-24(5-2)15-10-13-23-21(26)17-28-20-16-22(27)25(6-3)19-12-9-8-11-18(19)20/h8-9,11-12,16H,4-7,10,13-15,17H2,1-3H3,(H,23,26). The molecule has 0 aliphatic carbocycles. The van der Waals surface area contributed by atoms with Gasteiger partial charge in [-0.05, 0) is 45.5 Å². The molecule has 5 nitrogen and oxygen atoms in total. The van der Waals surface area contributed by atoms with Gasteiger partial charge in [-0.1, -0.05) is 38.5 Å². The number of nitrogens with one attached hydrogen (secondary N) is 1. The number of thioether (sulfide) groups is 1. The van der Waals surface area contributed by atoms with Crippen molar-refractivity contribution in [2.75, 3.05) is 31.9 Å². The number of amides is 1. The van der Waals surface area contributed by atoms with Crippen molar-refractivity contribution in [3.8, 4) is 0 Å². The SMILES string of the molecule is CCCCN(CC)CCCNC(=O)CSc1cc(=O)n(CC)c2ccccc12. The number of para-hydroxylation sites is 1. The zero-order chi connectivity index (χ0) is 20.4. The van der Waals surface area contributed by atoms with E-state index in [1.54, 1.807) is 10.6 Å². The number of unbranched alkanes of at least 4 members (excludes halogenated alkanes) is 1. The Morgan fingerprint density at radius 1 is 1.14 bits per heavy atom. The van der Waals surface area contributed by atoms with Crippen LogP contribution < -0.4 is 10.9 Å². The molecule has 0 bridgehead atoms. The van der Waals surface area contributed by atoms with Gasteiger partial charge in [-0.15, -0.1) is 11.8 Å². The summed E-state index contributed by atoms with van der Waals surface area (Å²) < 4.78 is 1.76. The lowest BCUT2D eigenvalue weighted by Gasteiger charge is -2.19.